The maximum Gasteiger partial charge on any atom is 0.245 e. The van der Waals surface area contributed by atoms with Crippen LogP contribution in [0.15, 0.2) is 36.9 Å². The number of nitrogens with zero attached hydrogens (tertiary/aromatic N) is 2. The highest BCUT2D eigenvalue weighted by atomic mass is 16.3. The average molecular weight is 343 g/mol. The predicted octanol–water partition coefficient (Wildman–Crippen LogP) is 2.09. The van der Waals surface area contributed by atoms with Crippen LogP contribution in [0.2, 0.25) is 0 Å². The Morgan fingerprint density at radius 2 is 1.96 bits per heavy atom. The highest BCUT2D eigenvalue weighted by Crippen LogP contribution is 2.24. The van der Waals surface area contributed by atoms with Crippen molar-refractivity contribution in [3.63, 3.8) is 0 Å². The fourth-order valence-corrected chi connectivity index (χ4v) is 3.76. The number of aliphatic hydroxyl groups excluding tert-OH is 1. The van der Waals surface area contributed by atoms with E-state index in [0.29, 0.717) is 19.1 Å². The van der Waals surface area contributed by atoms with Crippen molar-refractivity contribution < 1.29 is 9.90 Å². The second kappa shape index (κ2) is 8.50. The van der Waals surface area contributed by atoms with Gasteiger partial charge in [-0.15, -0.1) is 6.58 Å². The maximum absolute atomic E-state index is 12.5. The molecular formula is C20H29N3O2. The summed E-state index contributed by atoms with van der Waals surface area (Å²) in [7, 11) is 0. The minimum atomic E-state index is -0.138. The molecule has 0 spiro atoms. The molecule has 1 aromatic rings. The first-order valence-corrected chi connectivity index (χ1v) is 9.28. The smallest absolute Gasteiger partial charge is 0.245 e. The number of carbonyl (C=O) groups is 1. The monoisotopic (exact) mass is 343 g/mol. The Labute approximate surface area is 150 Å². The summed E-state index contributed by atoms with van der Waals surface area (Å²) in [6.45, 7) is 8.37. The van der Waals surface area contributed by atoms with E-state index >= 15 is 0 Å². The zero-order chi connectivity index (χ0) is 17.6. The van der Waals surface area contributed by atoms with Crippen LogP contribution in [0.1, 0.15) is 24.8 Å². The van der Waals surface area contributed by atoms with Crippen molar-refractivity contribution in [3.8, 4) is 0 Å². The zero-order valence-corrected chi connectivity index (χ0v) is 14.9. The second-order valence-electron chi connectivity index (χ2n) is 7.12. The standard InChI is InChI=1S/C20H29N3O2/c1-2-10-23-13-9-19(20(23)25)21-18-6-4-3-5-17(18)14-22-11-7-16(15-24)8-12-22/h2-6,16,19,21,24H,1,7-15H2/t19-/m0/s1. The van der Waals surface area contributed by atoms with Crippen LogP contribution in [0.25, 0.3) is 0 Å². The third kappa shape index (κ3) is 4.41. The van der Waals surface area contributed by atoms with E-state index in [1.165, 1.54) is 5.56 Å². The fourth-order valence-electron chi connectivity index (χ4n) is 3.76. The van der Waals surface area contributed by atoms with E-state index in [2.05, 4.69) is 35.0 Å². The summed E-state index contributed by atoms with van der Waals surface area (Å²) in [6, 6.07) is 8.15. The molecule has 25 heavy (non-hydrogen) atoms. The molecule has 1 amide bonds. The normalized spacial score (nSPS) is 22.4. The van der Waals surface area contributed by atoms with Crippen molar-refractivity contribution >= 4 is 11.6 Å². The molecule has 0 bridgehead atoms. The summed E-state index contributed by atoms with van der Waals surface area (Å²) in [5.74, 6) is 0.620. The molecule has 1 aromatic carbocycles. The van der Waals surface area contributed by atoms with E-state index in [1.54, 1.807) is 6.08 Å². The Kier molecular flexibility index (Phi) is 6.10. The average Bonchev–Trinajstić information content (AvgIpc) is 2.98. The molecule has 3 rings (SSSR count). The molecular weight excluding hydrogens is 314 g/mol. The fraction of sp³-hybridized carbons (Fsp3) is 0.550. The Balaban J connectivity index is 1.62. The van der Waals surface area contributed by atoms with Gasteiger partial charge in [-0.1, -0.05) is 24.3 Å². The minimum absolute atomic E-state index is 0.138. The van der Waals surface area contributed by atoms with Gasteiger partial charge in [0.15, 0.2) is 0 Å². The molecule has 0 aromatic heterocycles. The third-order valence-electron chi connectivity index (χ3n) is 5.35. The molecule has 2 fully saturated rings. The van der Waals surface area contributed by atoms with Crippen LogP contribution in [0.5, 0.6) is 0 Å². The van der Waals surface area contributed by atoms with E-state index in [0.717, 1.165) is 51.1 Å². The molecule has 2 aliphatic rings. The number of amides is 1. The number of likely N-dealkylation sites (tertiary alicyclic amines) is 2. The number of carbonyl (C=O) groups excluding carboxylic acids is 1. The van der Waals surface area contributed by atoms with Crippen LogP contribution in [-0.4, -0.2) is 59.6 Å². The number of piperidine rings is 1. The van der Waals surface area contributed by atoms with Gasteiger partial charge in [0.1, 0.15) is 6.04 Å². The largest absolute Gasteiger partial charge is 0.396 e. The molecule has 2 heterocycles. The van der Waals surface area contributed by atoms with Gasteiger partial charge < -0.3 is 15.3 Å². The SMILES string of the molecule is C=CCN1CC[C@H](Nc2ccccc2CN2CCC(CO)CC2)C1=O. The van der Waals surface area contributed by atoms with Crippen LogP contribution >= 0.6 is 0 Å². The highest BCUT2D eigenvalue weighted by molar-refractivity contribution is 5.87. The number of para-hydroxylation sites is 1. The van der Waals surface area contributed by atoms with Crippen molar-refractivity contribution in [3.05, 3.63) is 42.5 Å². The van der Waals surface area contributed by atoms with E-state index in [9.17, 15) is 9.90 Å². The minimum Gasteiger partial charge on any atom is -0.396 e. The lowest BCUT2D eigenvalue weighted by molar-refractivity contribution is -0.127. The Bertz CT molecular complexity index is 596. The molecule has 2 aliphatic heterocycles. The maximum atomic E-state index is 12.5. The summed E-state index contributed by atoms with van der Waals surface area (Å²) >= 11 is 0. The van der Waals surface area contributed by atoms with Crippen molar-refractivity contribution in [2.75, 3.05) is 38.1 Å². The van der Waals surface area contributed by atoms with Crippen LogP contribution in [-0.2, 0) is 11.3 Å². The topological polar surface area (TPSA) is 55.8 Å². The van der Waals surface area contributed by atoms with Crippen LogP contribution < -0.4 is 5.32 Å². The van der Waals surface area contributed by atoms with Crippen LogP contribution in [0, 0.1) is 5.92 Å². The first-order chi connectivity index (χ1) is 12.2. The second-order valence-corrected chi connectivity index (χ2v) is 7.12. The van der Waals surface area contributed by atoms with Crippen molar-refractivity contribution in [2.24, 2.45) is 5.92 Å². The van der Waals surface area contributed by atoms with Crippen molar-refractivity contribution in [1.82, 2.24) is 9.80 Å². The van der Waals surface area contributed by atoms with Gasteiger partial charge in [0, 0.05) is 31.9 Å². The lowest BCUT2D eigenvalue weighted by atomic mass is 9.97. The molecule has 5 nitrogen and oxygen atoms in total. The Morgan fingerprint density at radius 1 is 1.20 bits per heavy atom. The summed E-state index contributed by atoms with van der Waals surface area (Å²) < 4.78 is 0. The molecule has 1 atom stereocenters. The number of benzene rings is 1. The molecule has 0 unspecified atom stereocenters. The van der Waals surface area contributed by atoms with Gasteiger partial charge >= 0.3 is 0 Å². The molecule has 0 radical (unpaired) electrons. The van der Waals surface area contributed by atoms with E-state index in [-0.39, 0.29) is 11.9 Å². The first kappa shape index (κ1) is 18.0. The summed E-state index contributed by atoms with van der Waals surface area (Å²) in [4.78, 5) is 16.7. The number of hydrogen-bond donors (Lipinski definition) is 2. The molecule has 0 saturated carbocycles. The van der Waals surface area contributed by atoms with Gasteiger partial charge in [0.25, 0.3) is 0 Å². The number of rotatable bonds is 7. The Hall–Kier alpha value is -1.85. The summed E-state index contributed by atoms with van der Waals surface area (Å²) in [5.41, 5.74) is 2.30. The van der Waals surface area contributed by atoms with E-state index in [1.807, 2.05) is 11.0 Å². The van der Waals surface area contributed by atoms with Crippen molar-refractivity contribution in [1.29, 1.82) is 0 Å². The number of aliphatic hydroxyl groups is 1. The number of anilines is 1. The van der Waals surface area contributed by atoms with Gasteiger partial charge in [0.05, 0.1) is 0 Å². The molecule has 2 saturated heterocycles. The van der Waals surface area contributed by atoms with Gasteiger partial charge in [-0.2, -0.15) is 0 Å². The number of hydrogen-bond acceptors (Lipinski definition) is 4. The molecule has 136 valence electrons. The lowest BCUT2D eigenvalue weighted by Crippen LogP contribution is -2.35. The van der Waals surface area contributed by atoms with Gasteiger partial charge in [-0.25, -0.2) is 0 Å². The van der Waals surface area contributed by atoms with Crippen LogP contribution in [0.4, 0.5) is 5.69 Å². The quantitative estimate of drug-likeness (QED) is 0.745. The Morgan fingerprint density at radius 3 is 2.68 bits per heavy atom. The molecule has 0 aliphatic carbocycles. The zero-order valence-electron chi connectivity index (χ0n) is 14.9. The summed E-state index contributed by atoms with van der Waals surface area (Å²) in [5, 5.41) is 12.7. The predicted molar refractivity (Wildman–Crippen MR) is 100 cm³/mol. The number of nitrogens with one attached hydrogen (secondary N) is 1. The van der Waals surface area contributed by atoms with Gasteiger partial charge in [0.2, 0.25) is 5.91 Å². The van der Waals surface area contributed by atoms with Gasteiger partial charge in [-0.3, -0.25) is 9.69 Å². The van der Waals surface area contributed by atoms with Gasteiger partial charge in [-0.05, 0) is 49.9 Å². The third-order valence-corrected chi connectivity index (χ3v) is 5.35. The van der Waals surface area contributed by atoms with E-state index < -0.39 is 0 Å². The van der Waals surface area contributed by atoms with Crippen LogP contribution in [0.3, 0.4) is 0 Å². The molecule has 5 heteroatoms. The molecule has 2 N–H and O–H groups in total. The first-order valence-electron chi connectivity index (χ1n) is 9.28. The highest BCUT2D eigenvalue weighted by Gasteiger charge is 2.31. The van der Waals surface area contributed by atoms with E-state index in [4.69, 9.17) is 0 Å². The lowest BCUT2D eigenvalue weighted by Gasteiger charge is -2.31. The summed E-state index contributed by atoms with van der Waals surface area (Å²) in [6.07, 6.45) is 4.74. The van der Waals surface area contributed by atoms with Crippen molar-refractivity contribution in [2.45, 2.75) is 31.8 Å².